The second kappa shape index (κ2) is 4.50. The molecule has 6 heteroatoms. The molecule has 0 aromatic carbocycles. The van der Waals surface area contributed by atoms with Gasteiger partial charge in [-0.15, -0.1) is 11.3 Å². The van der Waals surface area contributed by atoms with Crippen LogP contribution in [0.25, 0.3) is 10.6 Å². The van der Waals surface area contributed by atoms with Crippen LogP contribution < -0.4 is 0 Å². The van der Waals surface area contributed by atoms with Crippen molar-refractivity contribution in [1.29, 1.82) is 0 Å². The highest BCUT2D eigenvalue weighted by Crippen LogP contribution is 2.26. The highest BCUT2D eigenvalue weighted by atomic mass is 32.1. The second-order valence-corrected chi connectivity index (χ2v) is 4.14. The summed E-state index contributed by atoms with van der Waals surface area (Å²) in [4.78, 5) is 12.4. The van der Waals surface area contributed by atoms with Crippen LogP contribution in [0, 0.1) is 0 Å². The lowest BCUT2D eigenvalue weighted by atomic mass is 10.3. The molecule has 0 amide bonds. The lowest BCUT2D eigenvalue weighted by Gasteiger charge is -1.98. The van der Waals surface area contributed by atoms with Gasteiger partial charge in [-0.3, -0.25) is 0 Å². The summed E-state index contributed by atoms with van der Waals surface area (Å²) in [6, 6.07) is 3.82. The summed E-state index contributed by atoms with van der Waals surface area (Å²) < 4.78 is 13.0. The fourth-order valence-corrected chi connectivity index (χ4v) is 2.42. The first-order valence-electron chi connectivity index (χ1n) is 4.36. The third-order valence-electron chi connectivity index (χ3n) is 1.71. The van der Waals surface area contributed by atoms with Crippen molar-refractivity contribution >= 4 is 29.0 Å². The zero-order valence-electron chi connectivity index (χ0n) is 7.97. The molecule has 0 atom stereocenters. The van der Waals surface area contributed by atoms with Gasteiger partial charge >= 0.3 is 5.97 Å². The van der Waals surface area contributed by atoms with Gasteiger partial charge in [0, 0.05) is 0 Å². The minimum atomic E-state index is -0.408. The summed E-state index contributed by atoms with van der Waals surface area (Å²) >= 11 is 2.55. The van der Waals surface area contributed by atoms with E-state index in [0.29, 0.717) is 18.0 Å². The summed E-state index contributed by atoms with van der Waals surface area (Å²) in [5.41, 5.74) is 0.928. The molecule has 0 fully saturated rings. The molecule has 2 aromatic rings. The van der Waals surface area contributed by atoms with Crippen LogP contribution in [0.1, 0.15) is 17.4 Å². The van der Waals surface area contributed by atoms with E-state index in [1.807, 2.05) is 17.5 Å². The van der Waals surface area contributed by atoms with E-state index in [1.54, 1.807) is 6.92 Å². The molecule has 0 aliphatic carbocycles. The van der Waals surface area contributed by atoms with Crippen molar-refractivity contribution in [3.8, 4) is 10.6 Å². The van der Waals surface area contributed by atoms with Crippen LogP contribution in [-0.4, -0.2) is 21.3 Å². The van der Waals surface area contributed by atoms with Crippen LogP contribution in [0.5, 0.6) is 0 Å². The number of hydrogen-bond acceptors (Lipinski definition) is 6. The molecule has 4 nitrogen and oxygen atoms in total. The van der Waals surface area contributed by atoms with Gasteiger partial charge in [-0.2, -0.15) is 8.75 Å². The normalized spacial score (nSPS) is 10.2. The summed E-state index contributed by atoms with van der Waals surface area (Å²) in [6.45, 7) is 2.11. The molecule has 0 aliphatic rings. The van der Waals surface area contributed by atoms with Crippen molar-refractivity contribution in [1.82, 2.24) is 8.75 Å². The van der Waals surface area contributed by atoms with E-state index < -0.39 is 5.97 Å². The Balaban J connectivity index is 2.34. The molecule has 2 rings (SSSR count). The zero-order valence-corrected chi connectivity index (χ0v) is 9.60. The summed E-state index contributed by atoms with van der Waals surface area (Å²) in [5.74, 6) is -0.408. The molecule has 0 radical (unpaired) electrons. The van der Waals surface area contributed by atoms with Gasteiger partial charge in [-0.05, 0) is 18.4 Å². The monoisotopic (exact) mass is 240 g/mol. The van der Waals surface area contributed by atoms with Crippen molar-refractivity contribution in [2.45, 2.75) is 6.92 Å². The van der Waals surface area contributed by atoms with Crippen LogP contribution in [-0.2, 0) is 4.74 Å². The summed E-state index contributed by atoms with van der Waals surface area (Å²) in [7, 11) is 0. The first-order chi connectivity index (χ1) is 7.33. The van der Waals surface area contributed by atoms with Crippen LogP contribution >= 0.6 is 23.1 Å². The predicted molar refractivity (Wildman–Crippen MR) is 59.2 cm³/mol. The Kier molecular flexibility index (Phi) is 3.08. The molecule has 78 valence electrons. The number of carbonyl (C=O) groups is 1. The van der Waals surface area contributed by atoms with Crippen LogP contribution in [0.15, 0.2) is 17.5 Å². The van der Waals surface area contributed by atoms with Gasteiger partial charge in [-0.25, -0.2) is 4.79 Å². The molecule has 0 aliphatic heterocycles. The number of thiophene rings is 1. The quantitative estimate of drug-likeness (QED) is 0.773. The summed E-state index contributed by atoms with van der Waals surface area (Å²) in [5, 5.41) is 1.93. The van der Waals surface area contributed by atoms with E-state index in [2.05, 4.69) is 8.75 Å². The van der Waals surface area contributed by atoms with Gasteiger partial charge in [0.05, 0.1) is 23.2 Å². The molecular weight excluding hydrogens is 232 g/mol. The fourth-order valence-electron chi connectivity index (χ4n) is 1.10. The first kappa shape index (κ1) is 10.3. The van der Waals surface area contributed by atoms with Gasteiger partial charge in [-0.1, -0.05) is 6.07 Å². The molecule has 0 saturated heterocycles. The largest absolute Gasteiger partial charge is 0.461 e. The van der Waals surface area contributed by atoms with E-state index >= 15 is 0 Å². The van der Waals surface area contributed by atoms with Gasteiger partial charge in [0.25, 0.3) is 0 Å². The van der Waals surface area contributed by atoms with E-state index in [1.165, 1.54) is 11.3 Å². The fraction of sp³-hybridized carbons (Fsp3) is 0.222. The number of carbonyl (C=O) groups excluding carboxylic acids is 1. The minimum absolute atomic E-state index is 0.310. The average Bonchev–Trinajstić information content (AvgIpc) is 2.88. The maximum absolute atomic E-state index is 11.5. The Bertz CT molecular complexity index is 450. The molecule has 0 spiro atoms. The first-order valence-corrected chi connectivity index (χ1v) is 5.97. The Morgan fingerprint density at radius 1 is 1.53 bits per heavy atom. The molecule has 2 heterocycles. The van der Waals surface area contributed by atoms with E-state index in [0.717, 1.165) is 16.6 Å². The van der Waals surface area contributed by atoms with Crippen molar-refractivity contribution in [3.05, 3.63) is 23.2 Å². The van der Waals surface area contributed by atoms with Gasteiger partial charge in [0.15, 0.2) is 5.69 Å². The van der Waals surface area contributed by atoms with Crippen LogP contribution in [0.3, 0.4) is 0 Å². The van der Waals surface area contributed by atoms with Gasteiger partial charge in [0.1, 0.15) is 5.69 Å². The van der Waals surface area contributed by atoms with Gasteiger partial charge in [0.2, 0.25) is 0 Å². The topological polar surface area (TPSA) is 52.1 Å². The lowest BCUT2D eigenvalue weighted by molar-refractivity contribution is 0.0522. The number of esters is 1. The van der Waals surface area contributed by atoms with Crippen LogP contribution in [0.4, 0.5) is 0 Å². The average molecular weight is 240 g/mol. The maximum atomic E-state index is 11.5. The molecule has 0 unspecified atom stereocenters. The minimum Gasteiger partial charge on any atom is -0.461 e. The number of hydrogen-bond donors (Lipinski definition) is 0. The second-order valence-electron chi connectivity index (χ2n) is 2.66. The Hall–Kier alpha value is -1.27. The molecule has 0 N–H and O–H groups in total. The number of nitrogens with zero attached hydrogens (tertiary/aromatic N) is 2. The van der Waals surface area contributed by atoms with Crippen molar-refractivity contribution in [2.24, 2.45) is 0 Å². The van der Waals surface area contributed by atoms with Crippen LogP contribution in [0.2, 0.25) is 0 Å². The molecule has 0 saturated carbocycles. The third-order valence-corrected chi connectivity index (χ3v) is 3.12. The highest BCUT2D eigenvalue weighted by molar-refractivity contribution is 7.13. The van der Waals surface area contributed by atoms with E-state index in [4.69, 9.17) is 4.74 Å². The Morgan fingerprint density at radius 2 is 2.40 bits per heavy atom. The maximum Gasteiger partial charge on any atom is 0.360 e. The third kappa shape index (κ3) is 2.05. The molecular formula is C9H8N2O2S2. The van der Waals surface area contributed by atoms with Crippen molar-refractivity contribution < 1.29 is 9.53 Å². The smallest absolute Gasteiger partial charge is 0.360 e. The summed E-state index contributed by atoms with van der Waals surface area (Å²) in [6.07, 6.45) is 0. The van der Waals surface area contributed by atoms with Gasteiger partial charge < -0.3 is 4.74 Å². The predicted octanol–water partition coefficient (Wildman–Crippen LogP) is 2.44. The standard InChI is InChI=1S/C9H8N2O2S2/c1-2-13-9(12)8-7(10-15-11-8)6-4-3-5-14-6/h3-5H,2H2,1H3. The van der Waals surface area contributed by atoms with Crippen molar-refractivity contribution in [2.75, 3.05) is 6.61 Å². The zero-order chi connectivity index (χ0) is 10.7. The number of aromatic nitrogens is 2. The molecule has 2 aromatic heterocycles. The SMILES string of the molecule is CCOC(=O)c1nsnc1-c1cccs1. The van der Waals surface area contributed by atoms with E-state index in [9.17, 15) is 4.79 Å². The molecule has 0 bridgehead atoms. The Morgan fingerprint density at radius 3 is 3.07 bits per heavy atom. The molecule has 15 heavy (non-hydrogen) atoms. The van der Waals surface area contributed by atoms with Crippen molar-refractivity contribution in [3.63, 3.8) is 0 Å². The Labute approximate surface area is 94.9 Å². The number of rotatable bonds is 3. The lowest BCUT2D eigenvalue weighted by Crippen LogP contribution is -2.06. The highest BCUT2D eigenvalue weighted by Gasteiger charge is 2.19. The van der Waals surface area contributed by atoms with E-state index in [-0.39, 0.29) is 0 Å². The number of ether oxygens (including phenoxy) is 1.